The Kier molecular flexibility index (Phi) is 6.42. The Morgan fingerprint density at radius 3 is 2.85 bits per heavy atom. The molecule has 0 aliphatic carbocycles. The number of likely N-dealkylation sites (N-methyl/N-ethyl adjacent to an activating group) is 1. The van der Waals surface area contributed by atoms with Gasteiger partial charge < -0.3 is 9.84 Å². The normalized spacial score (nSPS) is 12.3. The molecule has 1 atom stereocenters. The molecule has 20 heavy (non-hydrogen) atoms. The monoisotopic (exact) mass is 293 g/mol. The largest absolute Gasteiger partial charge is 0.335 e. The zero-order chi connectivity index (χ0) is 13.7. The third-order valence-electron chi connectivity index (χ3n) is 2.93. The molecule has 0 fully saturated rings. The van der Waals surface area contributed by atoms with E-state index < -0.39 is 0 Å². The molecule has 0 spiro atoms. The fraction of sp³-hybridized carbons (Fsp3) is 0.333. The van der Waals surface area contributed by atoms with Crippen molar-refractivity contribution in [1.29, 1.82) is 0 Å². The summed E-state index contributed by atoms with van der Waals surface area (Å²) >= 11 is 0. The minimum absolute atomic E-state index is 0. The summed E-state index contributed by atoms with van der Waals surface area (Å²) in [4.78, 5) is 4.33. The molecule has 4 nitrogen and oxygen atoms in total. The van der Waals surface area contributed by atoms with Crippen LogP contribution in [0.3, 0.4) is 0 Å². The maximum absolute atomic E-state index is 5.19. The van der Waals surface area contributed by atoms with E-state index in [0.717, 1.165) is 17.8 Å². The lowest BCUT2D eigenvalue weighted by Crippen LogP contribution is -2.24. The quantitative estimate of drug-likeness (QED) is 0.920. The highest BCUT2D eigenvalue weighted by molar-refractivity contribution is 5.85. The smallest absolute Gasteiger partial charge is 0.250 e. The average molecular weight is 294 g/mol. The number of hydrogen-bond acceptors (Lipinski definition) is 4. The first kappa shape index (κ1) is 16.4. The molecule has 0 amide bonds. The lowest BCUT2D eigenvalue weighted by atomic mass is 10.1. The van der Waals surface area contributed by atoms with E-state index in [4.69, 9.17) is 4.52 Å². The second-order valence-electron chi connectivity index (χ2n) is 4.69. The van der Waals surface area contributed by atoms with Crippen molar-refractivity contribution in [2.75, 3.05) is 7.05 Å². The van der Waals surface area contributed by atoms with Crippen LogP contribution in [0.25, 0.3) is 12.2 Å². The molecule has 1 aromatic heterocycles. The molecule has 1 aromatic carbocycles. The number of nitrogens with zero attached hydrogens (tertiary/aromatic N) is 2. The molecule has 2 rings (SSSR count). The van der Waals surface area contributed by atoms with Crippen LogP contribution in [0.5, 0.6) is 0 Å². The van der Waals surface area contributed by atoms with Crippen molar-refractivity contribution in [1.82, 2.24) is 15.5 Å². The number of hydrogen-bond donors (Lipinski definition) is 1. The predicted molar refractivity (Wildman–Crippen MR) is 83.9 cm³/mol. The molecule has 0 saturated carbocycles. The third kappa shape index (κ3) is 4.79. The standard InChI is InChI=1S/C15H19N3O.ClH/c1-11-5-4-6-13(9-11)7-8-15-17-14(18-19-15)10-12(2)16-3;/h4-9,12,16H,10H2,1-3H3;1H/b8-7+;. The maximum Gasteiger partial charge on any atom is 0.250 e. The van der Waals surface area contributed by atoms with Gasteiger partial charge in [-0.1, -0.05) is 35.0 Å². The number of aryl methyl sites for hydroxylation is 1. The zero-order valence-electron chi connectivity index (χ0n) is 12.0. The number of nitrogens with one attached hydrogen (secondary N) is 1. The van der Waals surface area contributed by atoms with Crippen molar-refractivity contribution >= 4 is 24.6 Å². The van der Waals surface area contributed by atoms with Gasteiger partial charge in [-0.3, -0.25) is 0 Å². The number of benzene rings is 1. The average Bonchev–Trinajstić information content (AvgIpc) is 2.84. The van der Waals surface area contributed by atoms with Gasteiger partial charge in [0.15, 0.2) is 5.82 Å². The van der Waals surface area contributed by atoms with E-state index in [1.165, 1.54) is 5.56 Å². The van der Waals surface area contributed by atoms with Crippen LogP contribution in [0.1, 0.15) is 29.8 Å². The fourth-order valence-electron chi connectivity index (χ4n) is 1.74. The highest BCUT2D eigenvalue weighted by atomic mass is 35.5. The summed E-state index contributed by atoms with van der Waals surface area (Å²) in [5.41, 5.74) is 2.36. The zero-order valence-corrected chi connectivity index (χ0v) is 12.8. The van der Waals surface area contributed by atoms with Crippen molar-refractivity contribution < 1.29 is 4.52 Å². The Morgan fingerprint density at radius 2 is 2.15 bits per heavy atom. The van der Waals surface area contributed by atoms with Gasteiger partial charge in [0.25, 0.3) is 5.89 Å². The summed E-state index contributed by atoms with van der Waals surface area (Å²) in [6, 6.07) is 8.59. The first-order valence-corrected chi connectivity index (χ1v) is 6.42. The molecule has 2 aromatic rings. The van der Waals surface area contributed by atoms with E-state index >= 15 is 0 Å². The lowest BCUT2D eigenvalue weighted by molar-refractivity contribution is 0.400. The van der Waals surface area contributed by atoms with Crippen LogP contribution in [0.2, 0.25) is 0 Å². The molecule has 0 saturated heterocycles. The maximum atomic E-state index is 5.19. The second-order valence-corrected chi connectivity index (χ2v) is 4.69. The van der Waals surface area contributed by atoms with Crippen molar-refractivity contribution in [3.05, 3.63) is 47.1 Å². The van der Waals surface area contributed by atoms with Crippen molar-refractivity contribution in [2.45, 2.75) is 26.3 Å². The SMILES string of the molecule is CNC(C)Cc1noc(/C=C/c2cccc(C)c2)n1.Cl. The third-order valence-corrected chi connectivity index (χ3v) is 2.93. The number of rotatable bonds is 5. The fourth-order valence-corrected chi connectivity index (χ4v) is 1.74. The Balaban J connectivity index is 0.00000200. The minimum atomic E-state index is 0. The first-order chi connectivity index (χ1) is 9.17. The van der Waals surface area contributed by atoms with Gasteiger partial charge in [0.1, 0.15) is 0 Å². The van der Waals surface area contributed by atoms with E-state index in [1.807, 2.05) is 31.3 Å². The molecular formula is C15H20ClN3O. The van der Waals surface area contributed by atoms with Gasteiger partial charge in [0.05, 0.1) is 0 Å². The van der Waals surface area contributed by atoms with Crippen LogP contribution in [0, 0.1) is 6.92 Å². The Hall–Kier alpha value is -1.65. The molecule has 0 radical (unpaired) electrons. The van der Waals surface area contributed by atoms with Crippen molar-refractivity contribution in [3.63, 3.8) is 0 Å². The molecule has 0 bridgehead atoms. The summed E-state index contributed by atoms with van der Waals surface area (Å²) in [7, 11) is 1.92. The number of halogens is 1. The van der Waals surface area contributed by atoms with Crippen LogP contribution in [0.15, 0.2) is 28.8 Å². The summed E-state index contributed by atoms with van der Waals surface area (Å²) in [6.07, 6.45) is 4.58. The Morgan fingerprint density at radius 1 is 1.35 bits per heavy atom. The van der Waals surface area contributed by atoms with Gasteiger partial charge >= 0.3 is 0 Å². The van der Waals surface area contributed by atoms with Gasteiger partial charge in [-0.15, -0.1) is 12.4 Å². The van der Waals surface area contributed by atoms with Gasteiger partial charge in [-0.25, -0.2) is 0 Å². The van der Waals surface area contributed by atoms with Crippen molar-refractivity contribution in [2.24, 2.45) is 0 Å². The molecule has 1 unspecified atom stereocenters. The van der Waals surface area contributed by atoms with Crippen LogP contribution in [-0.4, -0.2) is 23.2 Å². The van der Waals surface area contributed by atoms with Gasteiger partial charge in [-0.05, 0) is 32.5 Å². The van der Waals surface area contributed by atoms with Crippen LogP contribution in [0.4, 0.5) is 0 Å². The molecule has 5 heteroatoms. The Labute approximate surface area is 125 Å². The number of aromatic nitrogens is 2. The Bertz CT molecular complexity index is 566. The highest BCUT2D eigenvalue weighted by Gasteiger charge is 2.07. The van der Waals surface area contributed by atoms with Crippen LogP contribution < -0.4 is 5.32 Å². The summed E-state index contributed by atoms with van der Waals surface area (Å²) < 4.78 is 5.19. The van der Waals surface area contributed by atoms with Crippen LogP contribution in [-0.2, 0) is 6.42 Å². The second kappa shape index (κ2) is 7.82. The topological polar surface area (TPSA) is 51.0 Å². The minimum Gasteiger partial charge on any atom is -0.335 e. The summed E-state index contributed by atoms with van der Waals surface area (Å²) in [6.45, 7) is 4.15. The lowest BCUT2D eigenvalue weighted by Gasteiger charge is -2.04. The van der Waals surface area contributed by atoms with Gasteiger partial charge in [-0.2, -0.15) is 4.98 Å². The van der Waals surface area contributed by atoms with Crippen LogP contribution >= 0.6 is 12.4 Å². The van der Waals surface area contributed by atoms with E-state index in [1.54, 1.807) is 0 Å². The highest BCUT2D eigenvalue weighted by Crippen LogP contribution is 2.09. The molecular weight excluding hydrogens is 274 g/mol. The predicted octanol–water partition coefficient (Wildman–Crippen LogP) is 3.12. The molecule has 1 N–H and O–H groups in total. The van der Waals surface area contributed by atoms with E-state index in [-0.39, 0.29) is 12.4 Å². The van der Waals surface area contributed by atoms with E-state index in [2.05, 4.69) is 41.4 Å². The van der Waals surface area contributed by atoms with E-state index in [9.17, 15) is 0 Å². The summed E-state index contributed by atoms with van der Waals surface area (Å²) in [5.74, 6) is 1.27. The molecule has 1 heterocycles. The molecule has 0 aliphatic heterocycles. The van der Waals surface area contributed by atoms with E-state index in [0.29, 0.717) is 11.9 Å². The molecule has 108 valence electrons. The van der Waals surface area contributed by atoms with Gasteiger partial charge in [0.2, 0.25) is 0 Å². The van der Waals surface area contributed by atoms with Gasteiger partial charge in [0, 0.05) is 18.5 Å². The summed E-state index contributed by atoms with van der Waals surface area (Å²) in [5, 5.41) is 7.10. The van der Waals surface area contributed by atoms with Crippen molar-refractivity contribution in [3.8, 4) is 0 Å². The molecule has 0 aliphatic rings. The first-order valence-electron chi connectivity index (χ1n) is 6.42.